The Bertz CT molecular complexity index is 933. The van der Waals surface area contributed by atoms with Crippen molar-refractivity contribution >= 4 is 17.5 Å². The van der Waals surface area contributed by atoms with Crippen LogP contribution in [0.1, 0.15) is 27.2 Å². The van der Waals surface area contributed by atoms with E-state index in [0.29, 0.717) is 12.1 Å². The SMILES string of the molecule is CC(C)CC1(C)NC(=O)C(C(=O)Nc2ccc(-c3ccc(F)cc3)cc2)=C1O. The molecule has 1 heterocycles. The first-order chi connectivity index (χ1) is 13.2. The van der Waals surface area contributed by atoms with E-state index in [1.54, 1.807) is 43.3 Å². The summed E-state index contributed by atoms with van der Waals surface area (Å²) in [5.41, 5.74) is 0.999. The number of aliphatic hydroxyl groups is 1. The highest BCUT2D eigenvalue weighted by molar-refractivity contribution is 6.24. The van der Waals surface area contributed by atoms with Crippen LogP contribution in [0.2, 0.25) is 0 Å². The number of anilines is 1. The lowest BCUT2D eigenvalue weighted by atomic mass is 9.89. The van der Waals surface area contributed by atoms with Crippen molar-refractivity contribution < 1.29 is 19.1 Å². The molecule has 146 valence electrons. The molecule has 1 unspecified atom stereocenters. The molecule has 3 rings (SSSR count). The van der Waals surface area contributed by atoms with E-state index in [-0.39, 0.29) is 23.1 Å². The Hall–Kier alpha value is -3.15. The van der Waals surface area contributed by atoms with Gasteiger partial charge in [-0.15, -0.1) is 0 Å². The van der Waals surface area contributed by atoms with Gasteiger partial charge in [0.05, 0.1) is 5.54 Å². The van der Waals surface area contributed by atoms with Gasteiger partial charge >= 0.3 is 0 Å². The summed E-state index contributed by atoms with van der Waals surface area (Å²) in [6.07, 6.45) is 0.522. The van der Waals surface area contributed by atoms with Gasteiger partial charge in [0.1, 0.15) is 17.1 Å². The second-order valence-electron chi connectivity index (χ2n) is 7.65. The van der Waals surface area contributed by atoms with E-state index in [1.807, 2.05) is 13.8 Å². The number of nitrogens with one attached hydrogen (secondary N) is 2. The second kappa shape index (κ2) is 7.46. The molecule has 0 saturated heterocycles. The third kappa shape index (κ3) is 3.91. The predicted octanol–water partition coefficient (Wildman–Crippen LogP) is 4.18. The van der Waals surface area contributed by atoms with E-state index in [9.17, 15) is 19.1 Å². The minimum absolute atomic E-state index is 0.230. The van der Waals surface area contributed by atoms with Crippen LogP contribution >= 0.6 is 0 Å². The third-order valence-electron chi connectivity index (χ3n) is 4.74. The average molecular weight is 382 g/mol. The summed E-state index contributed by atoms with van der Waals surface area (Å²) < 4.78 is 13.0. The smallest absolute Gasteiger partial charge is 0.264 e. The van der Waals surface area contributed by atoms with Crippen molar-refractivity contribution in [2.24, 2.45) is 5.92 Å². The van der Waals surface area contributed by atoms with Crippen LogP contribution in [0.4, 0.5) is 10.1 Å². The zero-order chi connectivity index (χ0) is 20.5. The highest BCUT2D eigenvalue weighted by atomic mass is 19.1. The van der Waals surface area contributed by atoms with Crippen molar-refractivity contribution in [2.45, 2.75) is 32.7 Å². The molecular weight excluding hydrogens is 359 g/mol. The number of rotatable bonds is 5. The molecule has 0 fully saturated rings. The Kier molecular flexibility index (Phi) is 5.23. The number of carbonyl (C=O) groups is 2. The van der Waals surface area contributed by atoms with Gasteiger partial charge in [-0.1, -0.05) is 38.1 Å². The molecule has 0 radical (unpaired) electrons. The first kappa shape index (κ1) is 19.6. The van der Waals surface area contributed by atoms with Gasteiger partial charge in [-0.2, -0.15) is 0 Å². The molecular formula is C22H23FN2O3. The minimum atomic E-state index is -0.940. The maximum Gasteiger partial charge on any atom is 0.264 e. The summed E-state index contributed by atoms with van der Waals surface area (Å²) in [4.78, 5) is 24.8. The van der Waals surface area contributed by atoms with Crippen LogP contribution in [0.3, 0.4) is 0 Å². The summed E-state index contributed by atoms with van der Waals surface area (Å²) in [5, 5.41) is 15.9. The van der Waals surface area contributed by atoms with E-state index in [0.717, 1.165) is 11.1 Å². The number of benzene rings is 2. The molecule has 1 aliphatic heterocycles. The van der Waals surface area contributed by atoms with Crippen LogP contribution in [0.5, 0.6) is 0 Å². The van der Waals surface area contributed by atoms with Gasteiger partial charge in [0.15, 0.2) is 0 Å². The number of halogens is 1. The third-order valence-corrected chi connectivity index (χ3v) is 4.74. The van der Waals surface area contributed by atoms with Crippen molar-refractivity contribution in [3.05, 3.63) is 65.7 Å². The summed E-state index contributed by atoms with van der Waals surface area (Å²) in [5.74, 6) is -1.54. The van der Waals surface area contributed by atoms with Crippen molar-refractivity contribution in [1.29, 1.82) is 0 Å². The highest BCUT2D eigenvalue weighted by Gasteiger charge is 2.44. The van der Waals surface area contributed by atoms with Crippen LogP contribution in [0.25, 0.3) is 11.1 Å². The van der Waals surface area contributed by atoms with Crippen LogP contribution in [-0.4, -0.2) is 22.5 Å². The van der Waals surface area contributed by atoms with Crippen LogP contribution in [-0.2, 0) is 9.59 Å². The van der Waals surface area contributed by atoms with E-state index in [4.69, 9.17) is 0 Å². The van der Waals surface area contributed by atoms with E-state index in [1.165, 1.54) is 12.1 Å². The van der Waals surface area contributed by atoms with Crippen molar-refractivity contribution in [1.82, 2.24) is 5.32 Å². The van der Waals surface area contributed by atoms with Gasteiger partial charge in [0.25, 0.3) is 11.8 Å². The fraction of sp³-hybridized carbons (Fsp3) is 0.273. The molecule has 6 heteroatoms. The Morgan fingerprint density at radius 3 is 2.18 bits per heavy atom. The average Bonchev–Trinajstić information content (AvgIpc) is 2.84. The second-order valence-corrected chi connectivity index (χ2v) is 7.65. The normalized spacial score (nSPS) is 19.1. The van der Waals surface area contributed by atoms with Crippen molar-refractivity contribution in [3.63, 3.8) is 0 Å². The molecule has 1 aliphatic rings. The molecule has 28 heavy (non-hydrogen) atoms. The number of amides is 2. The Labute approximate surface area is 163 Å². The summed E-state index contributed by atoms with van der Waals surface area (Å²) in [6, 6.07) is 13.1. The lowest BCUT2D eigenvalue weighted by Gasteiger charge is -2.26. The quantitative estimate of drug-likeness (QED) is 0.679. The zero-order valence-electron chi connectivity index (χ0n) is 16.0. The van der Waals surface area contributed by atoms with Crippen molar-refractivity contribution in [2.75, 3.05) is 5.32 Å². The van der Waals surface area contributed by atoms with Gasteiger partial charge in [-0.05, 0) is 54.7 Å². The fourth-order valence-corrected chi connectivity index (χ4v) is 3.51. The Morgan fingerprint density at radius 2 is 1.64 bits per heavy atom. The molecule has 0 aromatic heterocycles. The molecule has 2 aromatic rings. The molecule has 1 atom stereocenters. The summed E-state index contributed by atoms with van der Waals surface area (Å²) >= 11 is 0. The standard InChI is InChI=1S/C22H23FN2O3/c1-13(2)12-22(3)19(26)18(21(28)25-22)20(27)24-17-10-6-15(7-11-17)14-4-8-16(23)9-5-14/h4-11,13,26H,12H2,1-3H3,(H,24,27)(H,25,28). The molecule has 0 bridgehead atoms. The van der Waals surface area contributed by atoms with Gasteiger partial charge in [0.2, 0.25) is 0 Å². The number of aliphatic hydroxyl groups excluding tert-OH is 1. The van der Waals surface area contributed by atoms with E-state index in [2.05, 4.69) is 10.6 Å². The highest BCUT2D eigenvalue weighted by Crippen LogP contribution is 2.31. The van der Waals surface area contributed by atoms with Gasteiger partial charge in [-0.3, -0.25) is 9.59 Å². The Morgan fingerprint density at radius 1 is 1.11 bits per heavy atom. The first-order valence-electron chi connectivity index (χ1n) is 9.13. The topological polar surface area (TPSA) is 78.4 Å². The molecule has 0 saturated carbocycles. The lowest BCUT2D eigenvalue weighted by Crippen LogP contribution is -2.42. The summed E-state index contributed by atoms with van der Waals surface area (Å²) in [7, 11) is 0. The number of carbonyl (C=O) groups excluding carboxylic acids is 2. The number of hydrogen-bond donors (Lipinski definition) is 3. The largest absolute Gasteiger partial charge is 0.509 e. The minimum Gasteiger partial charge on any atom is -0.509 e. The fourth-order valence-electron chi connectivity index (χ4n) is 3.51. The van der Waals surface area contributed by atoms with Crippen molar-refractivity contribution in [3.8, 4) is 11.1 Å². The maximum absolute atomic E-state index is 13.0. The van der Waals surface area contributed by atoms with Crippen LogP contribution in [0.15, 0.2) is 59.9 Å². The van der Waals surface area contributed by atoms with Gasteiger partial charge in [-0.25, -0.2) is 4.39 Å². The molecule has 0 spiro atoms. The van der Waals surface area contributed by atoms with Crippen LogP contribution < -0.4 is 10.6 Å². The van der Waals surface area contributed by atoms with Gasteiger partial charge < -0.3 is 15.7 Å². The zero-order valence-corrected chi connectivity index (χ0v) is 16.0. The molecule has 0 aliphatic carbocycles. The lowest BCUT2D eigenvalue weighted by molar-refractivity contribution is -0.121. The monoisotopic (exact) mass is 382 g/mol. The molecule has 2 amide bonds. The van der Waals surface area contributed by atoms with Crippen LogP contribution in [0, 0.1) is 11.7 Å². The molecule has 2 aromatic carbocycles. The van der Waals surface area contributed by atoms with Gasteiger partial charge in [0, 0.05) is 5.69 Å². The maximum atomic E-state index is 13.0. The van der Waals surface area contributed by atoms with E-state index < -0.39 is 17.4 Å². The Balaban J connectivity index is 1.77. The number of hydrogen-bond acceptors (Lipinski definition) is 3. The summed E-state index contributed by atoms with van der Waals surface area (Å²) in [6.45, 7) is 5.66. The molecule has 5 nitrogen and oxygen atoms in total. The van der Waals surface area contributed by atoms with E-state index >= 15 is 0 Å². The molecule has 3 N–H and O–H groups in total. The predicted molar refractivity (Wildman–Crippen MR) is 106 cm³/mol. The first-order valence-corrected chi connectivity index (χ1v) is 9.13.